The first-order valence-electron chi connectivity index (χ1n) is 4.00. The van der Waals surface area contributed by atoms with Crippen LogP contribution in [0.2, 0.25) is 0 Å². The number of carboxylic acids is 1. The van der Waals surface area contributed by atoms with E-state index in [2.05, 4.69) is 10.9 Å². The van der Waals surface area contributed by atoms with Gasteiger partial charge in [-0.2, -0.15) is 0 Å². The maximum Gasteiger partial charge on any atom is 0.342 e. The van der Waals surface area contributed by atoms with Gasteiger partial charge >= 0.3 is 11.7 Å². The number of nitrogens with zero attached hydrogens (tertiary/aromatic N) is 2. The lowest BCUT2D eigenvalue weighted by atomic mass is 10.2. The number of ether oxygens (including phenoxy) is 1. The van der Waals surface area contributed by atoms with Gasteiger partial charge < -0.3 is 9.84 Å². The zero-order valence-electron chi connectivity index (χ0n) is 7.91. The highest BCUT2D eigenvalue weighted by molar-refractivity contribution is 5.92. The van der Waals surface area contributed by atoms with Crippen molar-refractivity contribution in [2.75, 3.05) is 6.61 Å². The fourth-order valence-electron chi connectivity index (χ4n) is 0.940. The minimum Gasteiger partial charge on any atom is -0.477 e. The van der Waals surface area contributed by atoms with Crippen molar-refractivity contribution in [1.82, 2.24) is 4.98 Å². The van der Waals surface area contributed by atoms with Crippen LogP contribution in [-0.2, 0) is 0 Å². The number of aromatic nitrogens is 1. The Bertz CT molecular complexity index is 477. The third-order valence-corrected chi connectivity index (χ3v) is 1.59. The van der Waals surface area contributed by atoms with Crippen molar-refractivity contribution in [2.24, 2.45) is 0 Å². The summed E-state index contributed by atoms with van der Waals surface area (Å²) in [5, 5.41) is 19.2. The number of rotatable bonds is 4. The standard InChI is InChI=1S/C9H6N2O5/c1-2-3-16-8-4-6(9(12)13)7(5-10-8)11(14)15/h1,4-5H,3H2,(H,12,13). The maximum atomic E-state index is 10.7. The lowest BCUT2D eigenvalue weighted by molar-refractivity contribution is -0.385. The third kappa shape index (κ3) is 2.45. The summed E-state index contributed by atoms with van der Waals surface area (Å²) in [7, 11) is 0. The van der Waals surface area contributed by atoms with Crippen molar-refractivity contribution >= 4 is 11.7 Å². The van der Waals surface area contributed by atoms with E-state index in [1.165, 1.54) is 0 Å². The molecule has 0 aliphatic rings. The van der Waals surface area contributed by atoms with E-state index >= 15 is 0 Å². The Morgan fingerprint density at radius 3 is 2.94 bits per heavy atom. The van der Waals surface area contributed by atoms with Gasteiger partial charge in [-0.05, 0) is 0 Å². The zero-order valence-corrected chi connectivity index (χ0v) is 7.91. The molecule has 0 fully saturated rings. The van der Waals surface area contributed by atoms with Crippen LogP contribution >= 0.6 is 0 Å². The molecule has 16 heavy (non-hydrogen) atoms. The van der Waals surface area contributed by atoms with E-state index in [1.54, 1.807) is 0 Å². The van der Waals surface area contributed by atoms with Crippen LogP contribution in [0.5, 0.6) is 5.88 Å². The molecule has 0 bridgehead atoms. The number of carboxylic acid groups (broad SMARTS) is 1. The first kappa shape index (κ1) is 11.5. The summed E-state index contributed by atoms with van der Waals surface area (Å²) in [5.41, 5.74) is -1.09. The van der Waals surface area contributed by atoms with Crippen molar-refractivity contribution in [3.63, 3.8) is 0 Å². The molecule has 1 aromatic heterocycles. The molecule has 1 rings (SSSR count). The van der Waals surface area contributed by atoms with Crippen LogP contribution in [0.25, 0.3) is 0 Å². The molecule has 0 aromatic carbocycles. The van der Waals surface area contributed by atoms with Crippen LogP contribution in [0.3, 0.4) is 0 Å². The molecule has 1 N–H and O–H groups in total. The molecule has 0 unspecified atom stereocenters. The maximum absolute atomic E-state index is 10.7. The van der Waals surface area contributed by atoms with Gasteiger partial charge in [-0.1, -0.05) is 5.92 Å². The van der Waals surface area contributed by atoms with Gasteiger partial charge in [0.15, 0.2) is 6.61 Å². The van der Waals surface area contributed by atoms with E-state index in [4.69, 9.17) is 16.3 Å². The summed E-state index contributed by atoms with van der Waals surface area (Å²) in [5.74, 6) is 0.659. The monoisotopic (exact) mass is 222 g/mol. The summed E-state index contributed by atoms with van der Waals surface area (Å²) in [6.07, 6.45) is 5.74. The van der Waals surface area contributed by atoms with Crippen LogP contribution < -0.4 is 4.74 Å². The minimum absolute atomic E-state index is 0.0686. The van der Waals surface area contributed by atoms with Crippen LogP contribution in [0, 0.1) is 22.5 Å². The van der Waals surface area contributed by atoms with E-state index in [0.29, 0.717) is 0 Å². The summed E-state index contributed by atoms with van der Waals surface area (Å²) >= 11 is 0. The van der Waals surface area contributed by atoms with Gasteiger partial charge in [-0.3, -0.25) is 10.1 Å². The van der Waals surface area contributed by atoms with E-state index in [-0.39, 0.29) is 12.5 Å². The highest BCUT2D eigenvalue weighted by Gasteiger charge is 2.21. The second-order valence-electron chi connectivity index (χ2n) is 2.59. The van der Waals surface area contributed by atoms with Crippen LogP contribution in [0.1, 0.15) is 10.4 Å². The zero-order chi connectivity index (χ0) is 12.1. The van der Waals surface area contributed by atoms with Crippen LogP contribution in [0.15, 0.2) is 12.3 Å². The van der Waals surface area contributed by atoms with E-state index in [9.17, 15) is 14.9 Å². The number of carbonyl (C=O) groups is 1. The number of terminal acetylenes is 1. The molecule has 0 saturated carbocycles. The van der Waals surface area contributed by atoms with E-state index in [1.807, 2.05) is 0 Å². The average molecular weight is 222 g/mol. The summed E-state index contributed by atoms with van der Waals surface area (Å²) < 4.78 is 4.85. The highest BCUT2D eigenvalue weighted by atomic mass is 16.6. The second-order valence-corrected chi connectivity index (χ2v) is 2.59. The molecule has 0 saturated heterocycles. The quantitative estimate of drug-likeness (QED) is 0.457. The Morgan fingerprint density at radius 1 is 1.75 bits per heavy atom. The van der Waals surface area contributed by atoms with E-state index < -0.39 is 22.1 Å². The minimum atomic E-state index is -1.43. The van der Waals surface area contributed by atoms with Gasteiger partial charge in [0.05, 0.1) is 4.92 Å². The Morgan fingerprint density at radius 2 is 2.44 bits per heavy atom. The average Bonchev–Trinajstić information content (AvgIpc) is 2.25. The first-order chi connectivity index (χ1) is 7.56. The van der Waals surface area contributed by atoms with Crippen molar-refractivity contribution < 1.29 is 19.6 Å². The first-order valence-corrected chi connectivity index (χ1v) is 4.00. The molecule has 0 spiro atoms. The normalized spacial score (nSPS) is 9.19. The van der Waals surface area contributed by atoms with Gasteiger partial charge in [-0.25, -0.2) is 9.78 Å². The number of aromatic carboxylic acids is 1. The number of hydrogen-bond acceptors (Lipinski definition) is 5. The van der Waals surface area contributed by atoms with Crippen molar-refractivity contribution in [2.45, 2.75) is 0 Å². The molecule has 7 heteroatoms. The van der Waals surface area contributed by atoms with Crippen molar-refractivity contribution in [3.05, 3.63) is 27.9 Å². The fourth-order valence-corrected chi connectivity index (χ4v) is 0.940. The molecular formula is C9H6N2O5. The lowest BCUT2D eigenvalue weighted by Crippen LogP contribution is -2.05. The van der Waals surface area contributed by atoms with Gasteiger partial charge in [0, 0.05) is 6.07 Å². The molecule has 0 radical (unpaired) electrons. The predicted molar refractivity (Wildman–Crippen MR) is 52.2 cm³/mol. The van der Waals surface area contributed by atoms with Gasteiger partial charge in [0.25, 0.3) is 0 Å². The Labute approximate surface area is 89.8 Å². The van der Waals surface area contributed by atoms with Gasteiger partial charge in [0.2, 0.25) is 5.88 Å². The predicted octanol–water partition coefficient (Wildman–Crippen LogP) is 0.700. The van der Waals surface area contributed by atoms with E-state index in [0.717, 1.165) is 12.3 Å². The van der Waals surface area contributed by atoms with Gasteiger partial charge in [0.1, 0.15) is 11.8 Å². The molecule has 0 aliphatic carbocycles. The molecule has 1 heterocycles. The number of pyridine rings is 1. The molecule has 82 valence electrons. The van der Waals surface area contributed by atoms with Crippen LogP contribution in [0.4, 0.5) is 5.69 Å². The van der Waals surface area contributed by atoms with Crippen molar-refractivity contribution in [3.8, 4) is 18.2 Å². The molecule has 0 aliphatic heterocycles. The summed E-state index contributed by atoms with van der Waals surface area (Å²) in [4.78, 5) is 23.9. The number of hydrogen-bond donors (Lipinski definition) is 1. The molecule has 0 amide bonds. The molecule has 7 nitrogen and oxygen atoms in total. The smallest absolute Gasteiger partial charge is 0.342 e. The Kier molecular flexibility index (Phi) is 3.40. The summed E-state index contributed by atoms with van der Waals surface area (Å²) in [6.45, 7) is -0.0934. The van der Waals surface area contributed by atoms with Crippen molar-refractivity contribution in [1.29, 1.82) is 0 Å². The second kappa shape index (κ2) is 4.75. The molecule has 0 atom stereocenters. The SMILES string of the molecule is C#CCOc1cc(C(=O)O)c([N+](=O)[O-])cn1. The van der Waals surface area contributed by atoms with Gasteiger partial charge in [-0.15, -0.1) is 6.42 Å². The Balaban J connectivity index is 3.13. The topological polar surface area (TPSA) is 103 Å². The molecular weight excluding hydrogens is 216 g/mol. The third-order valence-electron chi connectivity index (χ3n) is 1.59. The lowest BCUT2D eigenvalue weighted by Gasteiger charge is -2.02. The highest BCUT2D eigenvalue weighted by Crippen LogP contribution is 2.21. The Hall–Kier alpha value is -2.62. The largest absolute Gasteiger partial charge is 0.477 e. The molecule has 1 aromatic rings. The van der Waals surface area contributed by atoms with Crippen LogP contribution in [-0.4, -0.2) is 27.6 Å². The summed E-state index contributed by atoms with van der Waals surface area (Å²) in [6, 6.07) is 0.956. The number of nitro groups is 1. The fraction of sp³-hybridized carbons (Fsp3) is 0.111.